The van der Waals surface area contributed by atoms with Crippen molar-refractivity contribution in [3.63, 3.8) is 0 Å². The number of nitrogens with one attached hydrogen (secondary N) is 1. The van der Waals surface area contributed by atoms with Crippen molar-refractivity contribution in [2.24, 2.45) is 0 Å². The van der Waals surface area contributed by atoms with E-state index in [1.807, 2.05) is 30.3 Å². The number of benzene rings is 2. The number of ether oxygens (including phenoxy) is 4. The van der Waals surface area contributed by atoms with Crippen molar-refractivity contribution < 1.29 is 23.7 Å². The van der Waals surface area contributed by atoms with Gasteiger partial charge in [0, 0.05) is 12.8 Å². The number of hydrogen-bond acceptors (Lipinski definition) is 6. The van der Waals surface area contributed by atoms with Crippen molar-refractivity contribution >= 4 is 5.97 Å². The average Bonchev–Trinajstić information content (AvgIpc) is 2.73. The van der Waals surface area contributed by atoms with Gasteiger partial charge in [0.05, 0.1) is 21.3 Å². The Bertz CT molecular complexity index is 785. The first-order valence-electron chi connectivity index (χ1n) is 8.94. The smallest absolute Gasteiger partial charge is 0.346 e. The van der Waals surface area contributed by atoms with E-state index < -0.39 is 11.6 Å². The molecule has 27 heavy (non-hydrogen) atoms. The molecular formula is C21H25NO5. The van der Waals surface area contributed by atoms with Crippen molar-refractivity contribution in [3.8, 4) is 17.2 Å². The molecule has 1 N–H and O–H groups in total. The van der Waals surface area contributed by atoms with Gasteiger partial charge in [-0.05, 0) is 30.8 Å². The molecule has 2 aromatic carbocycles. The van der Waals surface area contributed by atoms with Gasteiger partial charge in [0.15, 0.2) is 11.5 Å². The Balaban J connectivity index is 2.02. The van der Waals surface area contributed by atoms with Crippen LogP contribution < -0.4 is 19.5 Å². The summed E-state index contributed by atoms with van der Waals surface area (Å²) in [5.74, 6) is 0.645. The second kappa shape index (κ2) is 8.31. The highest BCUT2D eigenvalue weighted by atomic mass is 16.6. The summed E-state index contributed by atoms with van der Waals surface area (Å²) in [4.78, 5) is 13.3. The van der Waals surface area contributed by atoms with Gasteiger partial charge in [-0.2, -0.15) is 0 Å². The summed E-state index contributed by atoms with van der Waals surface area (Å²) in [6.45, 7) is 1.54. The maximum Gasteiger partial charge on any atom is 0.346 e. The first-order chi connectivity index (χ1) is 13.1. The predicted octanol–water partition coefficient (Wildman–Crippen LogP) is 3.15. The fourth-order valence-corrected chi connectivity index (χ4v) is 3.52. The van der Waals surface area contributed by atoms with Crippen LogP contribution >= 0.6 is 0 Å². The van der Waals surface area contributed by atoms with Crippen molar-refractivity contribution in [3.05, 3.63) is 53.6 Å². The number of esters is 1. The number of methoxy groups -OCH3 is 3. The van der Waals surface area contributed by atoms with Crippen molar-refractivity contribution in [1.82, 2.24) is 5.32 Å². The normalized spacial score (nSPS) is 15.7. The molecule has 3 rings (SSSR count). The third-order valence-electron chi connectivity index (χ3n) is 4.93. The SMILES string of the molecule is COc1ccc(OC)c(C(=O)OC2(c3ccccc3)CCNCC2)c1OC. The van der Waals surface area contributed by atoms with Gasteiger partial charge in [-0.3, -0.25) is 0 Å². The summed E-state index contributed by atoms with van der Waals surface area (Å²) < 4.78 is 22.3. The standard InChI is InChI=1S/C21H25NO5/c1-24-16-9-10-17(25-2)19(26-3)18(16)20(23)27-21(11-13-22-14-12-21)15-7-5-4-6-8-15/h4-10,22H,11-14H2,1-3H3. The molecule has 1 saturated heterocycles. The molecule has 1 aliphatic rings. The summed E-state index contributed by atoms with van der Waals surface area (Å²) in [6, 6.07) is 13.2. The van der Waals surface area contributed by atoms with Gasteiger partial charge >= 0.3 is 5.97 Å². The minimum absolute atomic E-state index is 0.230. The van der Waals surface area contributed by atoms with E-state index in [-0.39, 0.29) is 5.56 Å². The van der Waals surface area contributed by atoms with Crippen molar-refractivity contribution in [1.29, 1.82) is 0 Å². The van der Waals surface area contributed by atoms with E-state index in [2.05, 4.69) is 5.32 Å². The Morgan fingerprint density at radius 3 is 2.11 bits per heavy atom. The quantitative estimate of drug-likeness (QED) is 0.787. The van der Waals surface area contributed by atoms with E-state index in [1.54, 1.807) is 12.1 Å². The Morgan fingerprint density at radius 1 is 0.889 bits per heavy atom. The highest BCUT2D eigenvalue weighted by Gasteiger charge is 2.39. The lowest BCUT2D eigenvalue weighted by Gasteiger charge is -2.37. The summed E-state index contributed by atoms with van der Waals surface area (Å²) in [5, 5.41) is 3.32. The molecule has 0 unspecified atom stereocenters. The fourth-order valence-electron chi connectivity index (χ4n) is 3.52. The van der Waals surface area contributed by atoms with Crippen molar-refractivity contribution in [2.45, 2.75) is 18.4 Å². The van der Waals surface area contributed by atoms with E-state index in [9.17, 15) is 4.79 Å². The predicted molar refractivity (Wildman–Crippen MR) is 102 cm³/mol. The van der Waals surface area contributed by atoms with Crippen LogP contribution in [0.15, 0.2) is 42.5 Å². The number of rotatable bonds is 6. The molecule has 0 bridgehead atoms. The third kappa shape index (κ3) is 3.71. The number of carbonyl (C=O) groups is 1. The zero-order valence-electron chi connectivity index (χ0n) is 15.9. The number of carbonyl (C=O) groups excluding carboxylic acids is 1. The highest BCUT2D eigenvalue weighted by molar-refractivity contribution is 5.97. The number of hydrogen-bond donors (Lipinski definition) is 1. The highest BCUT2D eigenvalue weighted by Crippen LogP contribution is 2.41. The lowest BCUT2D eigenvalue weighted by molar-refractivity contribution is -0.0383. The van der Waals surface area contributed by atoms with Crippen LogP contribution in [0.1, 0.15) is 28.8 Å². The average molecular weight is 371 g/mol. The zero-order chi connectivity index (χ0) is 19.3. The minimum Gasteiger partial charge on any atom is -0.496 e. The van der Waals surface area contributed by atoms with Crippen LogP contribution in [0.2, 0.25) is 0 Å². The Morgan fingerprint density at radius 2 is 1.52 bits per heavy atom. The Kier molecular flexibility index (Phi) is 5.86. The Hall–Kier alpha value is -2.73. The first kappa shape index (κ1) is 19.0. The van der Waals surface area contributed by atoms with Crippen LogP contribution in [0.4, 0.5) is 0 Å². The van der Waals surface area contributed by atoms with Gasteiger partial charge in [-0.25, -0.2) is 4.79 Å². The Labute approximate surface area is 159 Å². The molecule has 1 heterocycles. The van der Waals surface area contributed by atoms with E-state index in [0.717, 1.165) is 18.7 Å². The van der Waals surface area contributed by atoms with E-state index in [4.69, 9.17) is 18.9 Å². The second-order valence-corrected chi connectivity index (χ2v) is 6.38. The molecule has 6 nitrogen and oxygen atoms in total. The lowest BCUT2D eigenvalue weighted by Crippen LogP contribution is -2.43. The van der Waals surface area contributed by atoms with Gasteiger partial charge in [0.2, 0.25) is 0 Å². The van der Waals surface area contributed by atoms with Crippen LogP contribution in [-0.2, 0) is 10.3 Å². The fraction of sp³-hybridized carbons (Fsp3) is 0.381. The molecule has 0 radical (unpaired) electrons. The second-order valence-electron chi connectivity index (χ2n) is 6.38. The molecule has 144 valence electrons. The molecule has 0 amide bonds. The largest absolute Gasteiger partial charge is 0.496 e. The van der Waals surface area contributed by atoms with Gasteiger partial charge < -0.3 is 24.3 Å². The number of piperidine rings is 1. The molecule has 1 aliphatic heterocycles. The van der Waals surface area contributed by atoms with Crippen LogP contribution in [-0.4, -0.2) is 40.4 Å². The lowest BCUT2D eigenvalue weighted by atomic mass is 9.84. The monoisotopic (exact) mass is 371 g/mol. The molecular weight excluding hydrogens is 346 g/mol. The van der Waals surface area contributed by atoms with Gasteiger partial charge in [-0.1, -0.05) is 30.3 Å². The van der Waals surface area contributed by atoms with E-state index in [1.165, 1.54) is 21.3 Å². The van der Waals surface area contributed by atoms with Crippen molar-refractivity contribution in [2.75, 3.05) is 34.4 Å². The van der Waals surface area contributed by atoms with Gasteiger partial charge in [-0.15, -0.1) is 0 Å². The van der Waals surface area contributed by atoms with E-state index in [0.29, 0.717) is 30.1 Å². The topological polar surface area (TPSA) is 66.0 Å². The molecule has 2 aromatic rings. The molecule has 0 atom stereocenters. The van der Waals surface area contributed by atoms with Crippen LogP contribution in [0.25, 0.3) is 0 Å². The summed E-state index contributed by atoms with van der Waals surface area (Å²) in [6.07, 6.45) is 1.38. The first-order valence-corrected chi connectivity index (χ1v) is 8.94. The zero-order valence-corrected chi connectivity index (χ0v) is 15.9. The molecule has 0 aliphatic carbocycles. The summed E-state index contributed by atoms with van der Waals surface area (Å²) in [7, 11) is 4.53. The molecule has 0 aromatic heterocycles. The molecule has 1 fully saturated rings. The maximum absolute atomic E-state index is 13.3. The summed E-state index contributed by atoms with van der Waals surface area (Å²) >= 11 is 0. The van der Waals surface area contributed by atoms with Gasteiger partial charge in [0.1, 0.15) is 16.9 Å². The van der Waals surface area contributed by atoms with Crippen LogP contribution in [0.5, 0.6) is 17.2 Å². The minimum atomic E-state index is -0.692. The molecule has 6 heteroatoms. The maximum atomic E-state index is 13.3. The van der Waals surface area contributed by atoms with Crippen LogP contribution in [0.3, 0.4) is 0 Å². The van der Waals surface area contributed by atoms with E-state index >= 15 is 0 Å². The van der Waals surface area contributed by atoms with Gasteiger partial charge in [0.25, 0.3) is 0 Å². The van der Waals surface area contributed by atoms with Crippen LogP contribution in [0, 0.1) is 0 Å². The summed E-state index contributed by atoms with van der Waals surface area (Å²) in [5.41, 5.74) is 0.525. The molecule has 0 spiro atoms. The molecule has 0 saturated carbocycles. The third-order valence-corrected chi connectivity index (χ3v) is 4.93.